The van der Waals surface area contributed by atoms with E-state index in [4.69, 9.17) is 5.11 Å². The Morgan fingerprint density at radius 1 is 0.593 bits per heavy atom. The first kappa shape index (κ1) is 25.9. The summed E-state index contributed by atoms with van der Waals surface area (Å²) in [6, 6.07) is 0. The van der Waals surface area contributed by atoms with Gasteiger partial charge in [-0.1, -0.05) is 96.8 Å². The van der Waals surface area contributed by atoms with Gasteiger partial charge in [-0.3, -0.25) is 9.59 Å². The number of hydrogen-bond donors (Lipinski definition) is 2. The maximum atomic E-state index is 11.6. The molecule has 0 rings (SSSR count). The van der Waals surface area contributed by atoms with Crippen LogP contribution >= 0.6 is 0 Å². The van der Waals surface area contributed by atoms with Gasteiger partial charge in [0.25, 0.3) is 0 Å². The average molecular weight is 384 g/mol. The van der Waals surface area contributed by atoms with Gasteiger partial charge in [-0.25, -0.2) is 0 Å². The van der Waals surface area contributed by atoms with Gasteiger partial charge >= 0.3 is 5.97 Å². The molecule has 0 saturated heterocycles. The van der Waals surface area contributed by atoms with Crippen LogP contribution in [0.3, 0.4) is 0 Å². The van der Waals surface area contributed by atoms with Gasteiger partial charge in [-0.15, -0.1) is 0 Å². The molecule has 0 radical (unpaired) electrons. The molecule has 0 unspecified atom stereocenters. The van der Waals surface area contributed by atoms with E-state index in [9.17, 15) is 9.59 Å². The monoisotopic (exact) mass is 383 g/mol. The van der Waals surface area contributed by atoms with Crippen molar-refractivity contribution in [2.45, 2.75) is 129 Å². The summed E-state index contributed by atoms with van der Waals surface area (Å²) >= 11 is 0. The first-order valence-corrected chi connectivity index (χ1v) is 11.6. The third-order valence-electron chi connectivity index (χ3n) is 5.15. The number of unbranched alkanes of at least 4 members (excludes halogenated alkanes) is 15. The Morgan fingerprint density at radius 3 is 1.44 bits per heavy atom. The number of amides is 1. The molecule has 0 fully saturated rings. The Labute approximate surface area is 167 Å². The Bertz CT molecular complexity index is 345. The van der Waals surface area contributed by atoms with Gasteiger partial charge in [0.15, 0.2) is 0 Å². The van der Waals surface area contributed by atoms with Crippen LogP contribution in [0.2, 0.25) is 0 Å². The molecule has 2 N–H and O–H groups in total. The predicted octanol–water partition coefficient (Wildman–Crippen LogP) is 6.62. The van der Waals surface area contributed by atoms with E-state index in [0.717, 1.165) is 19.3 Å². The van der Waals surface area contributed by atoms with Crippen molar-refractivity contribution in [3.8, 4) is 0 Å². The van der Waals surface area contributed by atoms with Gasteiger partial charge in [-0.05, 0) is 19.3 Å². The summed E-state index contributed by atoms with van der Waals surface area (Å²) in [5.41, 5.74) is 0. The lowest BCUT2D eigenvalue weighted by atomic mass is 10.0. The highest BCUT2D eigenvalue weighted by molar-refractivity contribution is 5.75. The Morgan fingerprint density at radius 2 is 1.00 bits per heavy atom. The molecule has 0 aromatic heterocycles. The highest BCUT2D eigenvalue weighted by atomic mass is 16.4. The van der Waals surface area contributed by atoms with E-state index in [1.54, 1.807) is 0 Å². The largest absolute Gasteiger partial charge is 0.481 e. The zero-order chi connectivity index (χ0) is 20.0. The molecule has 0 spiro atoms. The minimum Gasteiger partial charge on any atom is -0.481 e. The highest BCUT2D eigenvalue weighted by Gasteiger charge is 2.01. The van der Waals surface area contributed by atoms with Crippen LogP contribution in [-0.4, -0.2) is 23.5 Å². The summed E-state index contributed by atoms with van der Waals surface area (Å²) in [7, 11) is 0. The molecule has 160 valence electrons. The first-order valence-electron chi connectivity index (χ1n) is 11.6. The highest BCUT2D eigenvalue weighted by Crippen LogP contribution is 2.13. The van der Waals surface area contributed by atoms with E-state index in [-0.39, 0.29) is 12.3 Å². The number of nitrogens with one attached hydrogen (secondary N) is 1. The molecule has 0 saturated carbocycles. The maximum absolute atomic E-state index is 11.6. The zero-order valence-electron chi connectivity index (χ0n) is 17.9. The molecular formula is C23H45NO3. The summed E-state index contributed by atoms with van der Waals surface area (Å²) in [6.07, 6.45) is 22.2. The topological polar surface area (TPSA) is 66.4 Å². The SMILES string of the molecule is CCCCCCCCCCCCCCCCCC(=O)NCCCCC(=O)O. The van der Waals surface area contributed by atoms with Gasteiger partial charge in [0.2, 0.25) is 5.91 Å². The maximum Gasteiger partial charge on any atom is 0.303 e. The van der Waals surface area contributed by atoms with Crippen molar-refractivity contribution in [2.75, 3.05) is 6.54 Å². The molecule has 0 heterocycles. The van der Waals surface area contributed by atoms with E-state index >= 15 is 0 Å². The van der Waals surface area contributed by atoms with Crippen molar-refractivity contribution in [3.05, 3.63) is 0 Å². The molecule has 0 atom stereocenters. The molecule has 0 aliphatic carbocycles. The van der Waals surface area contributed by atoms with Gasteiger partial charge in [-0.2, -0.15) is 0 Å². The fraction of sp³-hybridized carbons (Fsp3) is 0.913. The molecule has 0 aliphatic heterocycles. The predicted molar refractivity (Wildman–Crippen MR) is 114 cm³/mol. The van der Waals surface area contributed by atoms with Crippen molar-refractivity contribution < 1.29 is 14.7 Å². The van der Waals surface area contributed by atoms with Crippen molar-refractivity contribution >= 4 is 11.9 Å². The summed E-state index contributed by atoms with van der Waals surface area (Å²) in [4.78, 5) is 22.0. The van der Waals surface area contributed by atoms with Gasteiger partial charge < -0.3 is 10.4 Å². The molecule has 1 amide bonds. The summed E-state index contributed by atoms with van der Waals surface area (Å²) < 4.78 is 0. The smallest absolute Gasteiger partial charge is 0.303 e. The van der Waals surface area contributed by atoms with Crippen LogP contribution in [0.5, 0.6) is 0 Å². The Kier molecular flexibility index (Phi) is 20.4. The minimum atomic E-state index is -0.765. The second kappa shape index (κ2) is 21.2. The molecule has 0 aliphatic rings. The van der Waals surface area contributed by atoms with Crippen LogP contribution in [0.4, 0.5) is 0 Å². The third kappa shape index (κ3) is 22.9. The van der Waals surface area contributed by atoms with Crippen LogP contribution in [0, 0.1) is 0 Å². The second-order valence-electron chi connectivity index (χ2n) is 7.90. The lowest BCUT2D eigenvalue weighted by molar-refractivity contribution is -0.137. The van der Waals surface area contributed by atoms with E-state index in [1.165, 1.54) is 83.5 Å². The van der Waals surface area contributed by atoms with Gasteiger partial charge in [0.05, 0.1) is 0 Å². The fourth-order valence-corrected chi connectivity index (χ4v) is 3.37. The van der Waals surface area contributed by atoms with Crippen molar-refractivity contribution in [1.29, 1.82) is 0 Å². The summed E-state index contributed by atoms with van der Waals surface area (Å²) in [6.45, 7) is 2.87. The van der Waals surface area contributed by atoms with Crippen molar-refractivity contribution in [2.24, 2.45) is 0 Å². The molecule has 4 nitrogen and oxygen atoms in total. The van der Waals surface area contributed by atoms with E-state index in [1.807, 2.05) is 0 Å². The summed E-state index contributed by atoms with van der Waals surface area (Å²) in [5.74, 6) is -0.654. The van der Waals surface area contributed by atoms with Gasteiger partial charge in [0, 0.05) is 19.4 Å². The standard InChI is InChI=1S/C23H45NO3/c1-2-3-4-5-6-7-8-9-10-11-12-13-14-15-16-19-22(25)24-21-18-17-20-23(26)27/h2-21H2,1H3,(H,24,25)(H,26,27). The molecule has 0 aromatic rings. The second-order valence-corrected chi connectivity index (χ2v) is 7.90. The quantitative estimate of drug-likeness (QED) is 0.219. The number of rotatable bonds is 21. The molecular weight excluding hydrogens is 338 g/mol. The minimum absolute atomic E-state index is 0.111. The Balaban J connectivity index is 3.13. The third-order valence-corrected chi connectivity index (χ3v) is 5.15. The zero-order valence-corrected chi connectivity index (χ0v) is 17.9. The van der Waals surface area contributed by atoms with Crippen LogP contribution < -0.4 is 5.32 Å². The molecule has 27 heavy (non-hydrogen) atoms. The normalized spacial score (nSPS) is 10.9. The van der Waals surface area contributed by atoms with Crippen LogP contribution in [0.25, 0.3) is 0 Å². The molecule has 0 bridgehead atoms. The number of hydrogen-bond acceptors (Lipinski definition) is 2. The fourth-order valence-electron chi connectivity index (χ4n) is 3.37. The molecule has 0 aromatic carbocycles. The van der Waals surface area contributed by atoms with E-state index in [2.05, 4.69) is 12.2 Å². The number of carboxylic acid groups (broad SMARTS) is 1. The summed E-state index contributed by atoms with van der Waals surface area (Å²) in [5, 5.41) is 11.4. The van der Waals surface area contributed by atoms with Crippen molar-refractivity contribution in [1.82, 2.24) is 5.32 Å². The Hall–Kier alpha value is -1.06. The number of aliphatic carboxylic acids is 1. The number of carbonyl (C=O) groups excluding carboxylic acids is 1. The number of carbonyl (C=O) groups is 2. The van der Waals surface area contributed by atoms with E-state index in [0.29, 0.717) is 19.4 Å². The lowest BCUT2D eigenvalue weighted by Gasteiger charge is -2.05. The molecule has 4 heteroatoms. The van der Waals surface area contributed by atoms with Crippen LogP contribution in [0.15, 0.2) is 0 Å². The van der Waals surface area contributed by atoms with E-state index < -0.39 is 5.97 Å². The first-order chi connectivity index (χ1) is 13.2. The number of carboxylic acids is 1. The van der Waals surface area contributed by atoms with Crippen LogP contribution in [0.1, 0.15) is 129 Å². The van der Waals surface area contributed by atoms with Gasteiger partial charge in [0.1, 0.15) is 0 Å². The lowest BCUT2D eigenvalue weighted by Crippen LogP contribution is -2.24. The van der Waals surface area contributed by atoms with Crippen LogP contribution in [-0.2, 0) is 9.59 Å². The van der Waals surface area contributed by atoms with Crippen molar-refractivity contribution in [3.63, 3.8) is 0 Å². The average Bonchev–Trinajstić information content (AvgIpc) is 2.64.